The first-order chi connectivity index (χ1) is 15.3. The van der Waals surface area contributed by atoms with Gasteiger partial charge >= 0.3 is 0 Å². The number of benzene rings is 2. The summed E-state index contributed by atoms with van der Waals surface area (Å²) in [4.78, 5) is 24.9. The first-order valence-electron chi connectivity index (χ1n) is 11.0. The second kappa shape index (κ2) is 7.93. The molecule has 0 aliphatic heterocycles. The number of fused-ring (bicyclic) bond motifs is 2. The van der Waals surface area contributed by atoms with Crippen LogP contribution < -0.4 is 4.90 Å². The van der Waals surface area contributed by atoms with Gasteiger partial charge in [0, 0.05) is 29.8 Å². The number of nitrogens with zero attached hydrogens (tertiary/aromatic N) is 3. The molecule has 5 nitrogen and oxygen atoms in total. The minimum Gasteiger partial charge on any atom is -0.454 e. The van der Waals surface area contributed by atoms with Crippen LogP contribution >= 0.6 is 11.8 Å². The molecular weight excluding hydrogens is 418 g/mol. The second-order valence-corrected chi connectivity index (χ2v) is 10.7. The van der Waals surface area contributed by atoms with Crippen molar-refractivity contribution in [3.63, 3.8) is 0 Å². The van der Waals surface area contributed by atoms with E-state index in [4.69, 9.17) is 14.4 Å². The molecule has 0 spiro atoms. The van der Waals surface area contributed by atoms with E-state index in [9.17, 15) is 4.79 Å². The number of aromatic nitrogens is 2. The van der Waals surface area contributed by atoms with E-state index in [-0.39, 0.29) is 10.5 Å². The number of carbonyl (C=O) groups excluding carboxylic acids is 1. The van der Waals surface area contributed by atoms with Crippen LogP contribution in [-0.4, -0.2) is 33.9 Å². The normalized spacial score (nSPS) is 14.2. The standard InChI is InChI=1S/C26H27N3O2S/c1-26(2,3)15-32-25(30)17-9-12-19-20(13-17)28-24(29(4)18-10-11-18)23(27-19)22-14-16-7-5-6-8-21(16)31-22/h5-9,12-14,18H,10-11,15H2,1-4H3. The Kier molecular flexibility index (Phi) is 5.20. The van der Waals surface area contributed by atoms with E-state index in [1.807, 2.05) is 48.5 Å². The molecule has 1 saturated carbocycles. The zero-order valence-electron chi connectivity index (χ0n) is 18.9. The zero-order valence-corrected chi connectivity index (χ0v) is 19.7. The molecule has 0 unspecified atom stereocenters. The summed E-state index contributed by atoms with van der Waals surface area (Å²) < 4.78 is 6.13. The van der Waals surface area contributed by atoms with Crippen LogP contribution in [0.4, 0.5) is 5.82 Å². The lowest BCUT2D eigenvalue weighted by Gasteiger charge is -2.20. The molecule has 1 fully saturated rings. The van der Waals surface area contributed by atoms with Gasteiger partial charge in [0.2, 0.25) is 5.12 Å². The van der Waals surface area contributed by atoms with Gasteiger partial charge in [0.25, 0.3) is 0 Å². The summed E-state index contributed by atoms with van der Waals surface area (Å²) in [7, 11) is 2.06. The summed E-state index contributed by atoms with van der Waals surface area (Å²) in [5, 5.41) is 1.11. The number of furan rings is 1. The topological polar surface area (TPSA) is 59.2 Å². The van der Waals surface area contributed by atoms with Gasteiger partial charge in [-0.25, -0.2) is 9.97 Å². The zero-order chi connectivity index (χ0) is 22.5. The fourth-order valence-electron chi connectivity index (χ4n) is 3.68. The molecule has 2 aromatic carbocycles. The third kappa shape index (κ3) is 4.24. The van der Waals surface area contributed by atoms with E-state index in [1.165, 1.54) is 11.8 Å². The van der Waals surface area contributed by atoms with Crippen molar-refractivity contribution in [3.8, 4) is 11.5 Å². The van der Waals surface area contributed by atoms with Crippen LogP contribution in [0.5, 0.6) is 0 Å². The third-order valence-electron chi connectivity index (χ3n) is 5.61. The monoisotopic (exact) mass is 445 g/mol. The molecule has 2 heterocycles. The van der Waals surface area contributed by atoms with E-state index in [2.05, 4.69) is 32.7 Å². The van der Waals surface area contributed by atoms with Gasteiger partial charge in [-0.3, -0.25) is 4.79 Å². The lowest BCUT2D eigenvalue weighted by atomic mass is 10.0. The minimum atomic E-state index is 0.0714. The van der Waals surface area contributed by atoms with Gasteiger partial charge < -0.3 is 9.32 Å². The first kappa shape index (κ1) is 21.0. The molecule has 0 saturated heterocycles. The highest BCUT2D eigenvalue weighted by molar-refractivity contribution is 8.14. The molecule has 6 heteroatoms. The Morgan fingerprint density at radius 1 is 1.09 bits per heavy atom. The SMILES string of the molecule is CN(c1nc2cc(C(=O)SCC(C)(C)C)ccc2nc1-c1cc2ccccc2o1)C1CC1. The maximum atomic E-state index is 12.7. The number of para-hydroxylation sites is 1. The molecule has 164 valence electrons. The summed E-state index contributed by atoms with van der Waals surface area (Å²) in [5.74, 6) is 2.28. The summed E-state index contributed by atoms with van der Waals surface area (Å²) in [6.07, 6.45) is 2.30. The number of hydrogen-bond donors (Lipinski definition) is 0. The van der Waals surface area contributed by atoms with Gasteiger partial charge in [-0.15, -0.1) is 0 Å². The van der Waals surface area contributed by atoms with Crippen molar-refractivity contribution in [2.75, 3.05) is 17.7 Å². The molecule has 1 aliphatic rings. The molecule has 32 heavy (non-hydrogen) atoms. The summed E-state index contributed by atoms with van der Waals surface area (Å²) in [6, 6.07) is 16.1. The van der Waals surface area contributed by atoms with E-state index in [0.717, 1.165) is 52.1 Å². The Hall–Kier alpha value is -2.86. The lowest BCUT2D eigenvalue weighted by Crippen LogP contribution is -2.22. The summed E-state index contributed by atoms with van der Waals surface area (Å²) >= 11 is 1.36. The quantitative estimate of drug-likeness (QED) is 0.347. The van der Waals surface area contributed by atoms with Crippen LogP contribution in [0.3, 0.4) is 0 Å². The molecule has 2 aromatic heterocycles. The smallest absolute Gasteiger partial charge is 0.219 e. The number of anilines is 1. The third-order valence-corrected chi connectivity index (χ3v) is 7.11. The number of hydrogen-bond acceptors (Lipinski definition) is 6. The molecular formula is C26H27N3O2S. The molecule has 5 rings (SSSR count). The predicted molar refractivity (Wildman–Crippen MR) is 132 cm³/mol. The van der Waals surface area contributed by atoms with E-state index >= 15 is 0 Å². The fourth-order valence-corrected chi connectivity index (χ4v) is 4.54. The van der Waals surface area contributed by atoms with E-state index < -0.39 is 0 Å². The van der Waals surface area contributed by atoms with Gasteiger partial charge in [-0.05, 0) is 48.6 Å². The number of rotatable bonds is 5. The van der Waals surface area contributed by atoms with Gasteiger partial charge in [-0.2, -0.15) is 0 Å². The van der Waals surface area contributed by atoms with Crippen molar-refractivity contribution < 1.29 is 9.21 Å². The van der Waals surface area contributed by atoms with Crippen LogP contribution in [0.15, 0.2) is 52.9 Å². The van der Waals surface area contributed by atoms with Crippen LogP contribution in [0.2, 0.25) is 0 Å². The van der Waals surface area contributed by atoms with Crippen molar-refractivity contribution in [1.29, 1.82) is 0 Å². The first-order valence-corrected chi connectivity index (χ1v) is 12.0. The van der Waals surface area contributed by atoms with Crippen molar-refractivity contribution in [2.45, 2.75) is 39.7 Å². The number of carbonyl (C=O) groups is 1. The average Bonchev–Trinajstić information content (AvgIpc) is 3.53. The molecule has 0 amide bonds. The number of thioether (sulfide) groups is 1. The van der Waals surface area contributed by atoms with Gasteiger partial charge in [0.05, 0.1) is 11.0 Å². The Balaban J connectivity index is 1.58. The van der Waals surface area contributed by atoms with E-state index in [1.54, 1.807) is 0 Å². The molecule has 0 N–H and O–H groups in total. The van der Waals surface area contributed by atoms with Crippen molar-refractivity contribution >= 4 is 44.7 Å². The Morgan fingerprint density at radius 2 is 1.88 bits per heavy atom. The van der Waals surface area contributed by atoms with Crippen LogP contribution in [0, 0.1) is 5.41 Å². The maximum Gasteiger partial charge on any atom is 0.219 e. The predicted octanol–water partition coefficient (Wildman–Crippen LogP) is 6.56. The van der Waals surface area contributed by atoms with Crippen molar-refractivity contribution in [3.05, 3.63) is 54.1 Å². The second-order valence-electron chi connectivity index (χ2n) is 9.73. The molecule has 4 aromatic rings. The highest BCUT2D eigenvalue weighted by Crippen LogP contribution is 2.37. The highest BCUT2D eigenvalue weighted by atomic mass is 32.2. The van der Waals surface area contributed by atoms with Gasteiger partial charge in [0.15, 0.2) is 11.6 Å². The van der Waals surface area contributed by atoms with Crippen molar-refractivity contribution in [2.24, 2.45) is 5.41 Å². The fraction of sp³-hybridized carbons (Fsp3) is 0.346. The highest BCUT2D eigenvalue weighted by Gasteiger charge is 2.30. The Labute approximate surface area is 192 Å². The summed E-state index contributed by atoms with van der Waals surface area (Å²) in [5.41, 5.74) is 3.82. The molecule has 0 bridgehead atoms. The molecule has 1 aliphatic carbocycles. The van der Waals surface area contributed by atoms with Gasteiger partial charge in [-0.1, -0.05) is 50.7 Å². The van der Waals surface area contributed by atoms with Crippen LogP contribution in [-0.2, 0) is 0 Å². The molecule has 0 radical (unpaired) electrons. The van der Waals surface area contributed by atoms with E-state index in [0.29, 0.717) is 17.4 Å². The molecule has 0 atom stereocenters. The Morgan fingerprint density at radius 3 is 2.59 bits per heavy atom. The van der Waals surface area contributed by atoms with Crippen molar-refractivity contribution in [1.82, 2.24) is 9.97 Å². The van der Waals surface area contributed by atoms with Crippen LogP contribution in [0.1, 0.15) is 44.0 Å². The van der Waals surface area contributed by atoms with Gasteiger partial charge in [0.1, 0.15) is 11.3 Å². The Bertz CT molecular complexity index is 1280. The lowest BCUT2D eigenvalue weighted by molar-refractivity contribution is 0.108. The maximum absolute atomic E-state index is 12.7. The largest absolute Gasteiger partial charge is 0.454 e. The van der Waals surface area contributed by atoms with Crippen LogP contribution in [0.25, 0.3) is 33.5 Å². The minimum absolute atomic E-state index is 0.0714. The summed E-state index contributed by atoms with van der Waals surface area (Å²) in [6.45, 7) is 6.41. The average molecular weight is 446 g/mol.